The molecule has 31 heavy (non-hydrogen) atoms. The van der Waals surface area contributed by atoms with Crippen LogP contribution < -0.4 is 5.32 Å². The van der Waals surface area contributed by atoms with Crippen LogP contribution in [0.2, 0.25) is 0 Å². The van der Waals surface area contributed by atoms with Crippen LogP contribution in [-0.2, 0) is 14.8 Å². The molecule has 2 aliphatic rings. The summed E-state index contributed by atoms with van der Waals surface area (Å²) < 4.78 is 32.4. The summed E-state index contributed by atoms with van der Waals surface area (Å²) in [4.78, 5) is 15.5. The van der Waals surface area contributed by atoms with Gasteiger partial charge in [-0.05, 0) is 42.7 Å². The van der Waals surface area contributed by atoms with Crippen LogP contribution in [0.1, 0.15) is 34.8 Å². The van der Waals surface area contributed by atoms with Gasteiger partial charge in [0.2, 0.25) is 10.0 Å². The maximum Gasteiger partial charge on any atom is 0.251 e. The SMILES string of the molecule is O=C(NC(CN1CCOCC1)c1ccccc1)c1ccc(S(=O)(=O)N2CCCC2)cc1. The van der Waals surface area contributed by atoms with Crippen LogP contribution in [0.15, 0.2) is 59.5 Å². The van der Waals surface area contributed by atoms with Crippen molar-refractivity contribution in [1.29, 1.82) is 0 Å². The van der Waals surface area contributed by atoms with Crippen molar-refractivity contribution in [2.75, 3.05) is 45.9 Å². The number of ether oxygens (including phenoxy) is 1. The van der Waals surface area contributed by atoms with E-state index in [0.717, 1.165) is 31.5 Å². The maximum absolute atomic E-state index is 13.0. The van der Waals surface area contributed by atoms with Crippen LogP contribution in [0.3, 0.4) is 0 Å². The highest BCUT2D eigenvalue weighted by Gasteiger charge is 2.27. The number of morpholine rings is 1. The van der Waals surface area contributed by atoms with Crippen LogP contribution in [0.25, 0.3) is 0 Å². The number of nitrogens with zero attached hydrogens (tertiary/aromatic N) is 2. The molecule has 0 spiro atoms. The third-order valence-corrected chi connectivity index (χ3v) is 7.78. The van der Waals surface area contributed by atoms with E-state index < -0.39 is 10.0 Å². The number of amides is 1. The zero-order valence-corrected chi connectivity index (χ0v) is 18.4. The zero-order chi connectivity index (χ0) is 21.7. The summed E-state index contributed by atoms with van der Waals surface area (Å²) in [6.45, 7) is 4.88. The molecule has 1 amide bonds. The van der Waals surface area contributed by atoms with E-state index in [0.29, 0.717) is 38.4 Å². The predicted octanol–water partition coefficient (Wildman–Crippen LogP) is 2.27. The number of sulfonamides is 1. The van der Waals surface area contributed by atoms with Gasteiger partial charge in [0.05, 0.1) is 24.2 Å². The van der Waals surface area contributed by atoms with E-state index in [1.807, 2.05) is 30.3 Å². The maximum atomic E-state index is 13.0. The Balaban J connectivity index is 1.47. The first-order chi connectivity index (χ1) is 15.0. The quantitative estimate of drug-likeness (QED) is 0.710. The second kappa shape index (κ2) is 9.91. The number of nitrogens with one attached hydrogen (secondary N) is 1. The lowest BCUT2D eigenvalue weighted by molar-refractivity contribution is 0.0332. The summed E-state index contributed by atoms with van der Waals surface area (Å²) in [5.41, 5.74) is 1.49. The molecular weight excluding hydrogens is 414 g/mol. The molecule has 2 saturated heterocycles. The fraction of sp³-hybridized carbons (Fsp3) is 0.435. The molecule has 2 aromatic carbocycles. The smallest absolute Gasteiger partial charge is 0.251 e. The molecule has 4 rings (SSSR count). The van der Waals surface area contributed by atoms with Gasteiger partial charge in [0, 0.05) is 38.3 Å². The van der Waals surface area contributed by atoms with E-state index in [4.69, 9.17) is 4.74 Å². The molecule has 0 aliphatic carbocycles. The number of hydrogen-bond donors (Lipinski definition) is 1. The first kappa shape index (κ1) is 22.0. The molecule has 2 aliphatic heterocycles. The molecule has 2 heterocycles. The van der Waals surface area contributed by atoms with E-state index in [-0.39, 0.29) is 16.8 Å². The summed E-state index contributed by atoms with van der Waals surface area (Å²) in [6, 6.07) is 16.0. The van der Waals surface area contributed by atoms with Crippen molar-refractivity contribution in [3.05, 3.63) is 65.7 Å². The second-order valence-corrected chi connectivity index (χ2v) is 9.92. The zero-order valence-electron chi connectivity index (χ0n) is 17.6. The molecule has 2 fully saturated rings. The van der Waals surface area contributed by atoms with Crippen LogP contribution in [0.5, 0.6) is 0 Å². The molecule has 0 saturated carbocycles. The summed E-state index contributed by atoms with van der Waals surface area (Å²) >= 11 is 0. The number of benzene rings is 2. The van der Waals surface area contributed by atoms with E-state index >= 15 is 0 Å². The van der Waals surface area contributed by atoms with Gasteiger partial charge < -0.3 is 10.1 Å². The van der Waals surface area contributed by atoms with Gasteiger partial charge in [-0.15, -0.1) is 0 Å². The summed E-state index contributed by atoms with van der Waals surface area (Å²) in [5.74, 6) is -0.216. The van der Waals surface area contributed by atoms with Crippen molar-refractivity contribution in [2.24, 2.45) is 0 Å². The van der Waals surface area contributed by atoms with Gasteiger partial charge >= 0.3 is 0 Å². The van der Waals surface area contributed by atoms with Crippen molar-refractivity contribution >= 4 is 15.9 Å². The molecule has 0 aromatic heterocycles. The lowest BCUT2D eigenvalue weighted by atomic mass is 10.1. The normalized spacial score (nSPS) is 19.2. The van der Waals surface area contributed by atoms with Crippen LogP contribution >= 0.6 is 0 Å². The first-order valence-electron chi connectivity index (χ1n) is 10.8. The topological polar surface area (TPSA) is 79.0 Å². The second-order valence-electron chi connectivity index (χ2n) is 7.99. The van der Waals surface area contributed by atoms with Crippen LogP contribution in [0.4, 0.5) is 0 Å². The largest absolute Gasteiger partial charge is 0.379 e. The molecule has 0 radical (unpaired) electrons. The average molecular weight is 444 g/mol. The third-order valence-electron chi connectivity index (χ3n) is 5.87. The lowest BCUT2D eigenvalue weighted by Gasteiger charge is -2.31. The lowest BCUT2D eigenvalue weighted by Crippen LogP contribution is -2.43. The first-order valence-corrected chi connectivity index (χ1v) is 12.2. The monoisotopic (exact) mass is 443 g/mol. The molecule has 7 nitrogen and oxygen atoms in total. The van der Waals surface area contributed by atoms with Crippen molar-refractivity contribution in [2.45, 2.75) is 23.8 Å². The Bertz CT molecular complexity index is 968. The highest BCUT2D eigenvalue weighted by Crippen LogP contribution is 2.22. The Labute approximate surface area is 184 Å². The van der Waals surface area contributed by atoms with Gasteiger partial charge in [-0.2, -0.15) is 4.31 Å². The van der Waals surface area contributed by atoms with Gasteiger partial charge in [-0.25, -0.2) is 8.42 Å². The standard InChI is InChI=1S/C23H29N3O4S/c27-23(20-8-10-21(11-9-20)31(28,29)26-12-4-5-13-26)24-22(19-6-2-1-3-7-19)18-25-14-16-30-17-15-25/h1-3,6-11,22H,4-5,12-18H2,(H,24,27). The molecule has 8 heteroatoms. The highest BCUT2D eigenvalue weighted by atomic mass is 32.2. The molecule has 1 unspecified atom stereocenters. The molecule has 1 atom stereocenters. The minimum Gasteiger partial charge on any atom is -0.379 e. The number of hydrogen-bond acceptors (Lipinski definition) is 5. The van der Waals surface area contributed by atoms with Crippen molar-refractivity contribution in [3.63, 3.8) is 0 Å². The molecule has 166 valence electrons. The molecule has 0 bridgehead atoms. The van der Waals surface area contributed by atoms with E-state index in [1.165, 1.54) is 16.4 Å². The Morgan fingerprint density at radius 3 is 2.23 bits per heavy atom. The molecule has 1 N–H and O–H groups in total. The fourth-order valence-electron chi connectivity index (χ4n) is 4.06. The summed E-state index contributed by atoms with van der Waals surface area (Å²) in [6.07, 6.45) is 1.79. The fourth-order valence-corrected chi connectivity index (χ4v) is 5.58. The Hall–Kier alpha value is -2.26. The highest BCUT2D eigenvalue weighted by molar-refractivity contribution is 7.89. The van der Waals surface area contributed by atoms with Gasteiger partial charge in [-0.3, -0.25) is 9.69 Å². The van der Waals surface area contributed by atoms with Gasteiger partial charge in [-0.1, -0.05) is 30.3 Å². The van der Waals surface area contributed by atoms with Crippen molar-refractivity contribution < 1.29 is 17.9 Å². The minimum absolute atomic E-state index is 0.167. The van der Waals surface area contributed by atoms with Gasteiger partial charge in [0.25, 0.3) is 5.91 Å². The van der Waals surface area contributed by atoms with E-state index in [1.54, 1.807) is 12.1 Å². The number of rotatable bonds is 7. The number of carbonyl (C=O) groups is 1. The van der Waals surface area contributed by atoms with Crippen molar-refractivity contribution in [1.82, 2.24) is 14.5 Å². The van der Waals surface area contributed by atoms with E-state index in [9.17, 15) is 13.2 Å². The Morgan fingerprint density at radius 1 is 0.935 bits per heavy atom. The van der Waals surface area contributed by atoms with Crippen LogP contribution in [-0.4, -0.2) is 69.5 Å². The predicted molar refractivity (Wildman–Crippen MR) is 118 cm³/mol. The van der Waals surface area contributed by atoms with Gasteiger partial charge in [0.15, 0.2) is 0 Å². The van der Waals surface area contributed by atoms with Crippen molar-refractivity contribution in [3.8, 4) is 0 Å². The summed E-state index contributed by atoms with van der Waals surface area (Å²) in [5, 5.41) is 3.13. The Kier molecular flexibility index (Phi) is 7.02. The molecule has 2 aromatic rings. The number of carbonyl (C=O) groups excluding carboxylic acids is 1. The van der Waals surface area contributed by atoms with E-state index in [2.05, 4.69) is 10.2 Å². The van der Waals surface area contributed by atoms with Crippen LogP contribution in [0, 0.1) is 0 Å². The summed E-state index contributed by atoms with van der Waals surface area (Å²) in [7, 11) is -3.48. The average Bonchev–Trinajstić information content (AvgIpc) is 3.36. The molecular formula is C23H29N3O4S. The third kappa shape index (κ3) is 5.33. The van der Waals surface area contributed by atoms with Gasteiger partial charge in [0.1, 0.15) is 0 Å². The minimum atomic E-state index is -3.48. The Morgan fingerprint density at radius 2 is 1.58 bits per heavy atom.